The zero-order valence-corrected chi connectivity index (χ0v) is 11.9. The van der Waals surface area contributed by atoms with E-state index in [1.54, 1.807) is 0 Å². The third-order valence-electron chi connectivity index (χ3n) is 3.67. The van der Waals surface area contributed by atoms with Crippen LogP contribution >= 0.6 is 11.6 Å². The van der Waals surface area contributed by atoms with Gasteiger partial charge in [0.05, 0.1) is 6.54 Å². The largest absolute Gasteiger partial charge is 0.465 e. The molecule has 3 heteroatoms. The summed E-state index contributed by atoms with van der Waals surface area (Å²) in [6.45, 7) is 5.17. The fourth-order valence-electron chi connectivity index (χ4n) is 2.70. The molecular weight excluding hydrogens is 258 g/mol. The minimum Gasteiger partial charge on any atom is -0.465 e. The maximum atomic E-state index is 6.19. The molecule has 1 fully saturated rings. The van der Waals surface area contributed by atoms with Crippen LogP contribution in [0.3, 0.4) is 0 Å². The summed E-state index contributed by atoms with van der Waals surface area (Å²) in [7, 11) is 0. The third kappa shape index (κ3) is 3.02. The maximum absolute atomic E-state index is 6.19. The molecule has 1 aliphatic rings. The smallest absolute Gasteiger partial charge is 0.118 e. The van der Waals surface area contributed by atoms with Crippen LogP contribution in [0.5, 0.6) is 0 Å². The average Bonchev–Trinajstić information content (AvgIpc) is 2.75. The molecular formula is C16H18ClNO. The predicted molar refractivity (Wildman–Crippen MR) is 77.4 cm³/mol. The van der Waals surface area contributed by atoms with E-state index in [1.165, 1.54) is 5.56 Å². The molecule has 0 spiro atoms. The van der Waals surface area contributed by atoms with Crippen LogP contribution in [0.1, 0.15) is 17.1 Å². The van der Waals surface area contributed by atoms with Crippen molar-refractivity contribution in [2.45, 2.75) is 19.9 Å². The van der Waals surface area contributed by atoms with Crippen molar-refractivity contribution in [2.75, 3.05) is 13.1 Å². The highest BCUT2D eigenvalue weighted by Crippen LogP contribution is 2.26. The van der Waals surface area contributed by atoms with E-state index >= 15 is 0 Å². The highest BCUT2D eigenvalue weighted by Gasteiger charge is 2.27. The average molecular weight is 276 g/mol. The second kappa shape index (κ2) is 5.40. The van der Waals surface area contributed by atoms with Crippen LogP contribution < -0.4 is 0 Å². The molecule has 2 nitrogen and oxygen atoms in total. The molecule has 2 aromatic rings. The fourth-order valence-corrected chi connectivity index (χ4v) is 2.91. The minimum atomic E-state index is 0.718. The Hall–Kier alpha value is -1.25. The molecule has 3 rings (SSSR count). The Balaban J connectivity index is 1.49. The van der Waals surface area contributed by atoms with Gasteiger partial charge in [0, 0.05) is 18.1 Å². The van der Waals surface area contributed by atoms with Crippen LogP contribution in [0.2, 0.25) is 5.02 Å². The van der Waals surface area contributed by atoms with Gasteiger partial charge in [-0.1, -0.05) is 29.8 Å². The van der Waals surface area contributed by atoms with Crippen molar-refractivity contribution in [3.8, 4) is 0 Å². The van der Waals surface area contributed by atoms with Crippen LogP contribution in [-0.2, 0) is 13.0 Å². The number of rotatable bonds is 4. The highest BCUT2D eigenvalue weighted by molar-refractivity contribution is 6.31. The number of halogens is 1. The van der Waals surface area contributed by atoms with Gasteiger partial charge >= 0.3 is 0 Å². The lowest BCUT2D eigenvalue weighted by molar-refractivity contribution is 0.0844. The van der Waals surface area contributed by atoms with Crippen LogP contribution in [0.15, 0.2) is 40.8 Å². The number of hydrogen-bond donors (Lipinski definition) is 0. The molecule has 0 N–H and O–H groups in total. The SMILES string of the molecule is Cc1ccc(CN2CC(Cc3ccccc3Cl)C2)o1. The Kier molecular flexibility index (Phi) is 3.63. The summed E-state index contributed by atoms with van der Waals surface area (Å²) in [5.74, 6) is 2.77. The van der Waals surface area contributed by atoms with E-state index in [1.807, 2.05) is 25.1 Å². The Labute approximate surface area is 119 Å². The van der Waals surface area contributed by atoms with Gasteiger partial charge in [-0.2, -0.15) is 0 Å². The van der Waals surface area contributed by atoms with Gasteiger partial charge in [-0.25, -0.2) is 0 Å². The number of nitrogens with zero attached hydrogens (tertiary/aromatic N) is 1. The van der Waals surface area contributed by atoms with Gasteiger partial charge in [0.1, 0.15) is 11.5 Å². The monoisotopic (exact) mass is 275 g/mol. The molecule has 0 amide bonds. The van der Waals surface area contributed by atoms with Gasteiger partial charge in [0.2, 0.25) is 0 Å². The summed E-state index contributed by atoms with van der Waals surface area (Å²) in [5, 5.41) is 0.891. The number of likely N-dealkylation sites (tertiary alicyclic amines) is 1. The molecule has 1 saturated heterocycles. The summed E-state index contributed by atoms with van der Waals surface area (Å²) in [5.41, 5.74) is 1.27. The molecule has 0 bridgehead atoms. The molecule has 0 saturated carbocycles. The summed E-state index contributed by atoms with van der Waals surface area (Å²) in [4.78, 5) is 2.42. The van der Waals surface area contributed by atoms with Crippen molar-refractivity contribution in [3.05, 3.63) is 58.5 Å². The standard InChI is InChI=1S/C16H18ClNO/c1-12-6-7-15(19-12)11-18-9-13(10-18)8-14-4-2-3-5-16(14)17/h2-7,13H,8-11H2,1H3. The fraction of sp³-hybridized carbons (Fsp3) is 0.375. The lowest BCUT2D eigenvalue weighted by atomic mass is 9.92. The van der Waals surface area contributed by atoms with E-state index in [0.29, 0.717) is 0 Å². The first-order valence-electron chi connectivity index (χ1n) is 6.72. The predicted octanol–water partition coefficient (Wildman–Crippen LogP) is 3.92. The Bertz CT molecular complexity index is 557. The highest BCUT2D eigenvalue weighted by atomic mass is 35.5. The van der Waals surface area contributed by atoms with E-state index in [9.17, 15) is 0 Å². The van der Waals surface area contributed by atoms with Gasteiger partial charge in [0.25, 0.3) is 0 Å². The zero-order chi connectivity index (χ0) is 13.2. The first kappa shape index (κ1) is 12.8. The second-order valence-electron chi connectivity index (χ2n) is 5.37. The molecule has 0 aliphatic carbocycles. The molecule has 0 unspecified atom stereocenters. The van der Waals surface area contributed by atoms with Crippen molar-refractivity contribution in [3.63, 3.8) is 0 Å². The molecule has 2 heterocycles. The Morgan fingerprint density at radius 1 is 1.21 bits per heavy atom. The van der Waals surface area contributed by atoms with Gasteiger partial charge in [-0.3, -0.25) is 4.90 Å². The van der Waals surface area contributed by atoms with Crippen LogP contribution in [0.4, 0.5) is 0 Å². The third-order valence-corrected chi connectivity index (χ3v) is 4.04. The van der Waals surface area contributed by atoms with Crippen molar-refractivity contribution in [1.82, 2.24) is 4.90 Å². The maximum Gasteiger partial charge on any atom is 0.118 e. The summed E-state index contributed by atoms with van der Waals surface area (Å²) in [6, 6.07) is 12.2. The number of hydrogen-bond acceptors (Lipinski definition) is 2. The lowest BCUT2D eigenvalue weighted by Gasteiger charge is -2.39. The Morgan fingerprint density at radius 3 is 2.68 bits per heavy atom. The summed E-state index contributed by atoms with van der Waals surface area (Å²) in [6.07, 6.45) is 1.08. The molecule has 1 aromatic carbocycles. The van der Waals surface area contributed by atoms with E-state index in [-0.39, 0.29) is 0 Å². The van der Waals surface area contributed by atoms with Gasteiger partial charge < -0.3 is 4.42 Å². The van der Waals surface area contributed by atoms with Crippen molar-refractivity contribution >= 4 is 11.6 Å². The second-order valence-corrected chi connectivity index (χ2v) is 5.78. The number of benzene rings is 1. The van der Waals surface area contributed by atoms with E-state index in [2.05, 4.69) is 23.1 Å². The quantitative estimate of drug-likeness (QED) is 0.841. The lowest BCUT2D eigenvalue weighted by Crippen LogP contribution is -2.46. The summed E-state index contributed by atoms with van der Waals surface area (Å²) >= 11 is 6.19. The molecule has 100 valence electrons. The Morgan fingerprint density at radius 2 is 2.00 bits per heavy atom. The number of aryl methyl sites for hydroxylation is 1. The van der Waals surface area contributed by atoms with E-state index < -0.39 is 0 Å². The first-order valence-corrected chi connectivity index (χ1v) is 7.09. The van der Waals surface area contributed by atoms with E-state index in [0.717, 1.165) is 48.5 Å². The van der Waals surface area contributed by atoms with Crippen molar-refractivity contribution in [1.29, 1.82) is 0 Å². The van der Waals surface area contributed by atoms with Crippen LogP contribution in [0, 0.1) is 12.8 Å². The topological polar surface area (TPSA) is 16.4 Å². The van der Waals surface area contributed by atoms with E-state index in [4.69, 9.17) is 16.0 Å². The molecule has 0 radical (unpaired) electrons. The van der Waals surface area contributed by atoms with Crippen molar-refractivity contribution in [2.24, 2.45) is 5.92 Å². The van der Waals surface area contributed by atoms with Gasteiger partial charge in [0.15, 0.2) is 0 Å². The first-order chi connectivity index (χ1) is 9.20. The van der Waals surface area contributed by atoms with Gasteiger partial charge in [-0.05, 0) is 43.0 Å². The summed E-state index contributed by atoms with van der Waals surface area (Å²) < 4.78 is 5.60. The minimum absolute atomic E-state index is 0.718. The number of furan rings is 1. The van der Waals surface area contributed by atoms with Crippen LogP contribution in [0.25, 0.3) is 0 Å². The molecule has 0 atom stereocenters. The van der Waals surface area contributed by atoms with Gasteiger partial charge in [-0.15, -0.1) is 0 Å². The normalized spacial score (nSPS) is 16.5. The van der Waals surface area contributed by atoms with Crippen molar-refractivity contribution < 1.29 is 4.42 Å². The zero-order valence-electron chi connectivity index (χ0n) is 11.1. The molecule has 1 aromatic heterocycles. The molecule has 19 heavy (non-hydrogen) atoms. The van der Waals surface area contributed by atoms with Crippen LogP contribution in [-0.4, -0.2) is 18.0 Å². The molecule has 1 aliphatic heterocycles.